The SMILES string of the molecule is COc1cc2oc(=O)cc(C)c2cc1CCC(=O)NC(C(=O)O)c1ccccc1. The average Bonchev–Trinajstić information content (AvgIpc) is 2.70. The van der Waals surface area contributed by atoms with Gasteiger partial charge in [-0.3, -0.25) is 4.79 Å². The molecule has 2 aromatic carbocycles. The van der Waals surface area contributed by atoms with Crippen LogP contribution in [0.5, 0.6) is 5.75 Å². The van der Waals surface area contributed by atoms with Gasteiger partial charge in [0.05, 0.1) is 7.11 Å². The van der Waals surface area contributed by atoms with Crippen LogP contribution in [0.25, 0.3) is 11.0 Å². The fraction of sp³-hybridized carbons (Fsp3) is 0.227. The number of carboxylic acids is 1. The van der Waals surface area contributed by atoms with E-state index in [9.17, 15) is 19.5 Å². The molecule has 29 heavy (non-hydrogen) atoms. The van der Waals surface area contributed by atoms with Gasteiger partial charge in [-0.15, -0.1) is 0 Å². The first-order valence-electron chi connectivity index (χ1n) is 9.07. The number of nitrogens with one attached hydrogen (secondary N) is 1. The third-order valence-electron chi connectivity index (χ3n) is 4.66. The summed E-state index contributed by atoms with van der Waals surface area (Å²) >= 11 is 0. The van der Waals surface area contributed by atoms with Gasteiger partial charge < -0.3 is 19.6 Å². The minimum absolute atomic E-state index is 0.0777. The van der Waals surface area contributed by atoms with Crippen molar-refractivity contribution in [2.24, 2.45) is 0 Å². The molecule has 0 aliphatic heterocycles. The lowest BCUT2D eigenvalue weighted by Crippen LogP contribution is -2.33. The van der Waals surface area contributed by atoms with Crippen LogP contribution in [-0.4, -0.2) is 24.1 Å². The van der Waals surface area contributed by atoms with Crippen molar-refractivity contribution in [2.45, 2.75) is 25.8 Å². The lowest BCUT2D eigenvalue weighted by molar-refractivity contribution is -0.142. The van der Waals surface area contributed by atoms with E-state index in [0.29, 0.717) is 23.3 Å². The number of benzene rings is 2. The molecule has 7 heteroatoms. The molecule has 0 saturated heterocycles. The lowest BCUT2D eigenvalue weighted by Gasteiger charge is -2.15. The zero-order chi connectivity index (χ0) is 21.0. The van der Waals surface area contributed by atoms with Gasteiger partial charge in [0.25, 0.3) is 0 Å². The van der Waals surface area contributed by atoms with Crippen molar-refractivity contribution in [1.29, 1.82) is 0 Å². The predicted molar refractivity (Wildman–Crippen MR) is 107 cm³/mol. The maximum atomic E-state index is 12.4. The number of carbonyl (C=O) groups excluding carboxylic acids is 1. The molecular weight excluding hydrogens is 374 g/mol. The summed E-state index contributed by atoms with van der Waals surface area (Å²) in [5.41, 5.74) is 2.00. The van der Waals surface area contributed by atoms with Crippen LogP contribution in [0.4, 0.5) is 0 Å². The molecule has 0 bridgehead atoms. The Hall–Kier alpha value is -3.61. The molecule has 0 saturated carbocycles. The highest BCUT2D eigenvalue weighted by Gasteiger charge is 2.22. The quantitative estimate of drug-likeness (QED) is 0.596. The Kier molecular flexibility index (Phi) is 5.97. The maximum Gasteiger partial charge on any atom is 0.336 e. The number of carboxylic acid groups (broad SMARTS) is 1. The number of amides is 1. The lowest BCUT2D eigenvalue weighted by atomic mass is 10.0. The number of aliphatic carboxylic acids is 1. The molecule has 0 fully saturated rings. The van der Waals surface area contributed by atoms with E-state index in [1.165, 1.54) is 13.2 Å². The number of aryl methyl sites for hydroxylation is 2. The van der Waals surface area contributed by atoms with E-state index in [1.54, 1.807) is 43.3 Å². The second-order valence-electron chi connectivity index (χ2n) is 6.66. The Bertz CT molecular complexity index is 1100. The van der Waals surface area contributed by atoms with Crippen molar-refractivity contribution < 1.29 is 23.8 Å². The van der Waals surface area contributed by atoms with Gasteiger partial charge in [-0.2, -0.15) is 0 Å². The Balaban J connectivity index is 1.78. The summed E-state index contributed by atoms with van der Waals surface area (Å²) in [6.45, 7) is 1.81. The molecule has 150 valence electrons. The number of rotatable bonds is 7. The molecule has 0 aliphatic rings. The minimum Gasteiger partial charge on any atom is -0.496 e. The van der Waals surface area contributed by atoms with E-state index in [2.05, 4.69) is 5.32 Å². The Morgan fingerprint density at radius 2 is 1.90 bits per heavy atom. The smallest absolute Gasteiger partial charge is 0.336 e. The first-order valence-corrected chi connectivity index (χ1v) is 9.07. The van der Waals surface area contributed by atoms with Crippen LogP contribution >= 0.6 is 0 Å². The molecule has 3 aromatic rings. The molecule has 7 nitrogen and oxygen atoms in total. The fourth-order valence-corrected chi connectivity index (χ4v) is 3.19. The summed E-state index contributed by atoms with van der Waals surface area (Å²) in [4.78, 5) is 35.5. The summed E-state index contributed by atoms with van der Waals surface area (Å²) < 4.78 is 10.6. The summed E-state index contributed by atoms with van der Waals surface area (Å²) in [5.74, 6) is -1.02. The van der Waals surface area contributed by atoms with Crippen molar-refractivity contribution in [1.82, 2.24) is 5.32 Å². The summed E-state index contributed by atoms with van der Waals surface area (Å²) in [6.07, 6.45) is 0.416. The highest BCUT2D eigenvalue weighted by molar-refractivity contribution is 5.85. The normalized spacial score (nSPS) is 11.8. The number of hydrogen-bond acceptors (Lipinski definition) is 5. The third kappa shape index (κ3) is 4.63. The van der Waals surface area contributed by atoms with E-state index in [1.807, 2.05) is 6.07 Å². The van der Waals surface area contributed by atoms with Crippen molar-refractivity contribution in [2.75, 3.05) is 7.11 Å². The van der Waals surface area contributed by atoms with Gasteiger partial charge in [-0.25, -0.2) is 9.59 Å². The molecule has 3 rings (SSSR count). The Morgan fingerprint density at radius 3 is 2.55 bits per heavy atom. The highest BCUT2D eigenvalue weighted by atomic mass is 16.5. The molecule has 1 atom stereocenters. The summed E-state index contributed by atoms with van der Waals surface area (Å²) in [6, 6.07) is 12.3. The summed E-state index contributed by atoms with van der Waals surface area (Å²) in [7, 11) is 1.49. The predicted octanol–water partition coefficient (Wildman–Crippen LogP) is 2.98. The second-order valence-corrected chi connectivity index (χ2v) is 6.66. The van der Waals surface area contributed by atoms with Gasteiger partial charge in [-0.05, 0) is 36.1 Å². The van der Waals surface area contributed by atoms with Crippen LogP contribution < -0.4 is 15.7 Å². The van der Waals surface area contributed by atoms with E-state index < -0.39 is 17.6 Å². The van der Waals surface area contributed by atoms with Gasteiger partial charge in [0, 0.05) is 23.9 Å². The van der Waals surface area contributed by atoms with Crippen LogP contribution in [0.3, 0.4) is 0 Å². The second kappa shape index (κ2) is 8.60. The number of ether oxygens (including phenoxy) is 1. The first kappa shape index (κ1) is 20.1. The topological polar surface area (TPSA) is 106 Å². The molecule has 1 heterocycles. The molecule has 1 unspecified atom stereocenters. The third-order valence-corrected chi connectivity index (χ3v) is 4.66. The van der Waals surface area contributed by atoms with E-state index in [0.717, 1.165) is 16.5 Å². The summed E-state index contributed by atoms with van der Waals surface area (Å²) in [5, 5.41) is 12.8. The van der Waals surface area contributed by atoms with Crippen molar-refractivity contribution in [3.8, 4) is 5.75 Å². The van der Waals surface area contributed by atoms with E-state index in [-0.39, 0.29) is 12.3 Å². The van der Waals surface area contributed by atoms with Crippen LogP contribution in [-0.2, 0) is 16.0 Å². The number of hydrogen-bond donors (Lipinski definition) is 2. The highest BCUT2D eigenvalue weighted by Crippen LogP contribution is 2.28. The molecule has 1 amide bonds. The van der Waals surface area contributed by atoms with Gasteiger partial charge in [0.15, 0.2) is 6.04 Å². The molecular formula is C22H21NO6. The van der Waals surface area contributed by atoms with Crippen LogP contribution in [0.15, 0.2) is 57.7 Å². The van der Waals surface area contributed by atoms with Crippen LogP contribution in [0.1, 0.15) is 29.2 Å². The van der Waals surface area contributed by atoms with Crippen LogP contribution in [0, 0.1) is 6.92 Å². The molecule has 0 radical (unpaired) electrons. The van der Waals surface area contributed by atoms with Crippen LogP contribution in [0.2, 0.25) is 0 Å². The first-order chi connectivity index (χ1) is 13.9. The van der Waals surface area contributed by atoms with Crippen molar-refractivity contribution in [3.63, 3.8) is 0 Å². The van der Waals surface area contributed by atoms with Crippen molar-refractivity contribution in [3.05, 3.63) is 75.6 Å². The van der Waals surface area contributed by atoms with Gasteiger partial charge >= 0.3 is 11.6 Å². The molecule has 0 spiro atoms. The Morgan fingerprint density at radius 1 is 1.17 bits per heavy atom. The molecule has 2 N–H and O–H groups in total. The monoisotopic (exact) mass is 395 g/mol. The zero-order valence-electron chi connectivity index (χ0n) is 16.1. The van der Waals surface area contributed by atoms with E-state index >= 15 is 0 Å². The van der Waals surface area contributed by atoms with Crippen molar-refractivity contribution >= 4 is 22.8 Å². The van der Waals surface area contributed by atoms with E-state index in [4.69, 9.17) is 9.15 Å². The number of fused-ring (bicyclic) bond motifs is 1. The molecule has 0 aliphatic carbocycles. The molecule has 1 aromatic heterocycles. The average molecular weight is 395 g/mol. The minimum atomic E-state index is -1.13. The zero-order valence-corrected chi connectivity index (χ0v) is 16.1. The Labute approximate surface area is 166 Å². The standard InChI is InChI=1S/C22H21NO6/c1-13-10-20(25)29-18-12-17(28-2)15(11-16(13)18)8-9-19(24)23-21(22(26)27)14-6-4-3-5-7-14/h3-7,10-12,21H,8-9H2,1-2H3,(H,23,24)(H,26,27). The van der Waals surface area contributed by atoms with Gasteiger partial charge in [-0.1, -0.05) is 30.3 Å². The number of carbonyl (C=O) groups is 2. The number of methoxy groups -OCH3 is 1. The van der Waals surface area contributed by atoms with Gasteiger partial charge in [0.2, 0.25) is 5.91 Å². The fourth-order valence-electron chi connectivity index (χ4n) is 3.19. The largest absolute Gasteiger partial charge is 0.496 e. The van der Waals surface area contributed by atoms with Gasteiger partial charge in [0.1, 0.15) is 11.3 Å². The maximum absolute atomic E-state index is 12.4.